The summed E-state index contributed by atoms with van der Waals surface area (Å²) in [4.78, 5) is 47.0. The van der Waals surface area contributed by atoms with Gasteiger partial charge in [-0.15, -0.1) is 0 Å². The van der Waals surface area contributed by atoms with E-state index in [9.17, 15) is 14.4 Å². The number of methoxy groups -OCH3 is 1. The van der Waals surface area contributed by atoms with Gasteiger partial charge in [0.15, 0.2) is 28.7 Å². The van der Waals surface area contributed by atoms with Crippen LogP contribution in [0.4, 0.5) is 10.5 Å². The van der Waals surface area contributed by atoms with Gasteiger partial charge in [0.2, 0.25) is 6.79 Å². The minimum Gasteiger partial charge on any atom is -0.493 e. The molecule has 0 bridgehead atoms. The third-order valence-electron chi connectivity index (χ3n) is 7.40. The number of ether oxygens (including phenoxy) is 5. The van der Waals surface area contributed by atoms with Crippen molar-refractivity contribution in [1.82, 2.24) is 14.5 Å². The van der Waals surface area contributed by atoms with Gasteiger partial charge >= 0.3 is 12.1 Å². The Morgan fingerprint density at radius 3 is 2.36 bits per heavy atom. The van der Waals surface area contributed by atoms with Crippen LogP contribution in [-0.2, 0) is 11.3 Å². The fraction of sp³-hybridized carbons (Fsp3) is 0.250. The first kappa shape index (κ1) is 28.7. The zero-order valence-electron chi connectivity index (χ0n) is 24.9. The molecule has 5 aromatic rings. The molecule has 1 amide bonds. The Hall–Kier alpha value is -5.36. The smallest absolute Gasteiger partial charge is 0.419 e. The van der Waals surface area contributed by atoms with E-state index in [1.54, 1.807) is 47.2 Å². The normalized spacial score (nSPS) is 12.2. The first-order valence-corrected chi connectivity index (χ1v) is 13.8. The summed E-state index contributed by atoms with van der Waals surface area (Å²) in [5, 5.41) is 2.37. The number of para-hydroxylation sites is 2. The van der Waals surface area contributed by atoms with Gasteiger partial charge in [-0.25, -0.2) is 4.79 Å². The molecule has 226 valence electrons. The van der Waals surface area contributed by atoms with E-state index in [-0.39, 0.29) is 29.6 Å². The number of esters is 1. The zero-order chi connectivity index (χ0) is 31.1. The molecular weight excluding hydrogens is 568 g/mol. The number of likely N-dealkylation sites (N-methyl/N-ethyl adjacent to an activating group) is 1. The van der Waals surface area contributed by atoms with Gasteiger partial charge < -0.3 is 33.2 Å². The first-order chi connectivity index (χ1) is 21.2. The van der Waals surface area contributed by atoms with E-state index < -0.39 is 12.1 Å². The van der Waals surface area contributed by atoms with Crippen LogP contribution < -0.4 is 34.1 Å². The molecule has 2 aromatic heterocycles. The lowest BCUT2D eigenvalue weighted by Gasteiger charge is -2.21. The number of rotatable bonds is 7. The molecule has 3 heterocycles. The number of hydrogen-bond acceptors (Lipinski definition) is 10. The van der Waals surface area contributed by atoms with Crippen molar-refractivity contribution in [2.24, 2.45) is 0 Å². The Labute approximate surface area is 251 Å². The molecule has 0 unspecified atom stereocenters. The van der Waals surface area contributed by atoms with E-state index in [0.29, 0.717) is 57.5 Å². The number of benzene rings is 3. The van der Waals surface area contributed by atoms with Gasteiger partial charge in [-0.1, -0.05) is 12.1 Å². The molecule has 3 aromatic carbocycles. The summed E-state index contributed by atoms with van der Waals surface area (Å²) in [6.45, 7) is 2.38. The predicted molar refractivity (Wildman–Crippen MR) is 164 cm³/mol. The summed E-state index contributed by atoms with van der Waals surface area (Å²) in [6.07, 6.45) is 0.943. The minimum absolute atomic E-state index is 0.0505. The van der Waals surface area contributed by atoms with Crippen LogP contribution in [0.25, 0.3) is 32.6 Å². The highest BCUT2D eigenvalue weighted by atomic mass is 16.7. The van der Waals surface area contributed by atoms with Crippen LogP contribution in [-0.4, -0.2) is 68.1 Å². The Balaban J connectivity index is 1.50. The van der Waals surface area contributed by atoms with Crippen LogP contribution in [0.15, 0.2) is 59.5 Å². The summed E-state index contributed by atoms with van der Waals surface area (Å²) in [5.41, 5.74) is 1.41. The number of fused-ring (bicyclic) bond motifs is 6. The number of carbonyl (C=O) groups is 2. The number of amides is 1. The van der Waals surface area contributed by atoms with Gasteiger partial charge in [0.1, 0.15) is 0 Å². The number of anilines is 1. The van der Waals surface area contributed by atoms with Crippen molar-refractivity contribution in [3.63, 3.8) is 0 Å². The maximum atomic E-state index is 14.2. The highest BCUT2D eigenvalue weighted by Crippen LogP contribution is 2.40. The van der Waals surface area contributed by atoms with Crippen LogP contribution in [0.5, 0.6) is 28.7 Å². The van der Waals surface area contributed by atoms with Gasteiger partial charge in [-0.05, 0) is 44.4 Å². The van der Waals surface area contributed by atoms with Gasteiger partial charge in [0.25, 0.3) is 5.56 Å². The number of aromatic nitrogens is 2. The summed E-state index contributed by atoms with van der Waals surface area (Å²) in [7, 11) is 6.81. The largest absolute Gasteiger partial charge is 0.493 e. The van der Waals surface area contributed by atoms with Crippen molar-refractivity contribution >= 4 is 50.3 Å². The quantitative estimate of drug-likeness (QED) is 0.150. The standard InChI is InChI=1S/C32H30N4O8/c1-18(37)43-25-9-7-6-8-24(25)35(4)32(39)44-29-13-20-19(12-26(29)40-5)22-16-33-23-15-28-27(41-17-42-28)14-21(23)30(22)36(31(20)38)11-10-34(2)3/h6-9,12-16H,10-11,17H2,1-5H3. The molecule has 0 fully saturated rings. The van der Waals surface area contributed by atoms with Gasteiger partial charge in [-0.3, -0.25) is 19.5 Å². The van der Waals surface area contributed by atoms with E-state index in [0.717, 1.165) is 5.39 Å². The third kappa shape index (κ3) is 5.09. The second-order valence-electron chi connectivity index (χ2n) is 10.5. The Kier molecular flexibility index (Phi) is 7.43. The highest BCUT2D eigenvalue weighted by Gasteiger charge is 2.24. The molecule has 44 heavy (non-hydrogen) atoms. The number of nitrogens with zero attached hydrogens (tertiary/aromatic N) is 4. The van der Waals surface area contributed by atoms with Crippen LogP contribution in [0.2, 0.25) is 0 Å². The molecule has 0 atom stereocenters. The molecule has 0 aliphatic carbocycles. The van der Waals surface area contributed by atoms with E-state index in [2.05, 4.69) is 4.98 Å². The summed E-state index contributed by atoms with van der Waals surface area (Å²) in [6, 6.07) is 13.4. The van der Waals surface area contributed by atoms with E-state index >= 15 is 0 Å². The maximum absolute atomic E-state index is 14.2. The van der Waals surface area contributed by atoms with E-state index in [1.807, 2.05) is 25.1 Å². The van der Waals surface area contributed by atoms with Crippen molar-refractivity contribution in [2.75, 3.05) is 46.5 Å². The SMILES string of the molecule is COc1cc2c(cc1OC(=O)N(C)c1ccccc1OC(C)=O)c(=O)n(CCN(C)C)c1c3cc4c(cc3ncc21)OCO4. The molecular formula is C32H30N4O8. The number of hydrogen-bond donors (Lipinski definition) is 0. The molecule has 0 N–H and O–H groups in total. The summed E-state index contributed by atoms with van der Waals surface area (Å²) in [5.74, 6) is 1.14. The first-order valence-electron chi connectivity index (χ1n) is 13.8. The van der Waals surface area contributed by atoms with Crippen molar-refractivity contribution in [3.05, 3.63) is 65.1 Å². The lowest BCUT2D eigenvalue weighted by Crippen LogP contribution is -2.30. The van der Waals surface area contributed by atoms with E-state index in [1.165, 1.54) is 32.0 Å². The monoisotopic (exact) mass is 598 g/mol. The molecule has 12 heteroatoms. The highest BCUT2D eigenvalue weighted by molar-refractivity contribution is 6.15. The maximum Gasteiger partial charge on any atom is 0.419 e. The minimum atomic E-state index is -0.778. The van der Waals surface area contributed by atoms with Gasteiger partial charge in [0.05, 0.1) is 29.2 Å². The number of pyridine rings is 2. The van der Waals surface area contributed by atoms with Crippen molar-refractivity contribution in [3.8, 4) is 28.7 Å². The molecule has 1 aliphatic heterocycles. The summed E-state index contributed by atoms with van der Waals surface area (Å²) >= 11 is 0. The molecule has 12 nitrogen and oxygen atoms in total. The lowest BCUT2D eigenvalue weighted by molar-refractivity contribution is -0.131. The molecule has 0 radical (unpaired) electrons. The Morgan fingerprint density at radius 1 is 0.909 bits per heavy atom. The molecule has 6 rings (SSSR count). The molecule has 1 aliphatic rings. The zero-order valence-corrected chi connectivity index (χ0v) is 24.9. The van der Waals surface area contributed by atoms with Crippen molar-refractivity contribution in [1.29, 1.82) is 0 Å². The third-order valence-corrected chi connectivity index (χ3v) is 7.40. The Bertz CT molecular complexity index is 2020. The Morgan fingerprint density at radius 2 is 1.64 bits per heavy atom. The second-order valence-corrected chi connectivity index (χ2v) is 10.5. The van der Waals surface area contributed by atoms with Crippen LogP contribution in [0.3, 0.4) is 0 Å². The van der Waals surface area contributed by atoms with E-state index in [4.69, 9.17) is 23.7 Å². The molecule has 0 saturated heterocycles. The fourth-order valence-corrected chi connectivity index (χ4v) is 5.25. The number of carbonyl (C=O) groups excluding carboxylic acids is 2. The van der Waals surface area contributed by atoms with Gasteiger partial charge in [0, 0.05) is 55.5 Å². The predicted octanol–water partition coefficient (Wildman–Crippen LogP) is 4.56. The van der Waals surface area contributed by atoms with Crippen LogP contribution in [0, 0.1) is 0 Å². The van der Waals surface area contributed by atoms with Crippen LogP contribution >= 0.6 is 0 Å². The molecule has 0 spiro atoms. The lowest BCUT2D eigenvalue weighted by atomic mass is 10.0. The summed E-state index contributed by atoms with van der Waals surface area (Å²) < 4.78 is 29.5. The average molecular weight is 599 g/mol. The van der Waals surface area contributed by atoms with Crippen molar-refractivity contribution in [2.45, 2.75) is 13.5 Å². The second kappa shape index (κ2) is 11.4. The molecule has 0 saturated carbocycles. The van der Waals surface area contributed by atoms with Gasteiger partial charge in [-0.2, -0.15) is 0 Å². The fourth-order valence-electron chi connectivity index (χ4n) is 5.25. The average Bonchev–Trinajstić information content (AvgIpc) is 3.46. The topological polar surface area (TPSA) is 122 Å². The van der Waals surface area contributed by atoms with Crippen molar-refractivity contribution < 1.29 is 33.3 Å². The van der Waals surface area contributed by atoms with Crippen LogP contribution in [0.1, 0.15) is 6.92 Å².